The van der Waals surface area contributed by atoms with Crippen LogP contribution in [0.1, 0.15) is 68.0 Å². The summed E-state index contributed by atoms with van der Waals surface area (Å²) in [5.41, 5.74) is 1.39. The van der Waals surface area contributed by atoms with Gasteiger partial charge in [0, 0.05) is 53.1 Å². The van der Waals surface area contributed by atoms with E-state index in [1.54, 1.807) is 36.4 Å². The molecule has 2 heterocycles. The Morgan fingerprint density at radius 2 is 1.09 bits per heavy atom. The SMILES string of the molecule is O=C(c1ccc(O)cc1O)[C@@H]1[C@@H]([C@@H](c2ccc(O)cc2)c2c(O)cc(O)c3c2O[C@@H](c2ccc(O)cc2)[C@H](O)C3)[C@@H](c2ccc(O)cc2O)O[C@H]1c1ccc(O)cc1. The summed E-state index contributed by atoms with van der Waals surface area (Å²) in [6.07, 6.45) is -4.84. The second kappa shape index (κ2) is 14.8. The molecule has 0 radical (unpaired) electrons. The van der Waals surface area contributed by atoms with Gasteiger partial charge in [0.05, 0.1) is 29.8 Å². The molecule has 0 bridgehead atoms. The fourth-order valence-electron chi connectivity index (χ4n) is 8.39. The summed E-state index contributed by atoms with van der Waals surface area (Å²) in [4.78, 5) is 15.2. The maximum absolute atomic E-state index is 15.2. The third-order valence-corrected chi connectivity index (χ3v) is 11.0. The Labute approximate surface area is 330 Å². The molecule has 8 rings (SSSR count). The van der Waals surface area contributed by atoms with E-state index >= 15 is 4.79 Å². The lowest BCUT2D eigenvalue weighted by Crippen LogP contribution is -2.34. The number of ether oxygens (including phenoxy) is 2. The van der Waals surface area contributed by atoms with Gasteiger partial charge in [-0.1, -0.05) is 36.4 Å². The highest BCUT2D eigenvalue weighted by Crippen LogP contribution is 2.62. The van der Waals surface area contributed by atoms with E-state index in [4.69, 9.17) is 9.47 Å². The van der Waals surface area contributed by atoms with Crippen molar-refractivity contribution in [3.8, 4) is 57.5 Å². The molecule has 2 aliphatic heterocycles. The number of aliphatic hydroxyl groups excluding tert-OH is 1. The first kappa shape index (κ1) is 37.8. The highest BCUT2D eigenvalue weighted by atomic mass is 16.5. The number of aliphatic hydroxyl groups is 1. The number of benzene rings is 6. The van der Waals surface area contributed by atoms with Gasteiger partial charge in [0.25, 0.3) is 0 Å². The Bertz CT molecular complexity index is 2500. The van der Waals surface area contributed by atoms with E-state index in [9.17, 15) is 51.1 Å². The maximum Gasteiger partial charge on any atom is 0.173 e. The number of rotatable bonds is 8. The highest BCUT2D eigenvalue weighted by Gasteiger charge is 2.55. The van der Waals surface area contributed by atoms with Gasteiger partial charge in [-0.3, -0.25) is 4.79 Å². The Morgan fingerprint density at radius 3 is 1.67 bits per heavy atom. The van der Waals surface area contributed by atoms with Crippen LogP contribution in [0.15, 0.2) is 115 Å². The average molecular weight is 787 g/mol. The van der Waals surface area contributed by atoms with E-state index in [2.05, 4.69) is 0 Å². The van der Waals surface area contributed by atoms with Gasteiger partial charge >= 0.3 is 0 Å². The molecule has 10 N–H and O–H groups in total. The average Bonchev–Trinajstić information content (AvgIpc) is 3.57. The first-order chi connectivity index (χ1) is 27.8. The Balaban J connectivity index is 1.43. The molecule has 0 amide bonds. The van der Waals surface area contributed by atoms with Crippen molar-refractivity contribution in [2.45, 2.75) is 36.8 Å². The number of hydrogen-bond acceptors (Lipinski definition) is 13. The summed E-state index contributed by atoms with van der Waals surface area (Å²) in [5, 5.41) is 108. The molecular weight excluding hydrogens is 748 g/mol. The molecule has 7 atom stereocenters. The molecule has 0 aliphatic carbocycles. The van der Waals surface area contributed by atoms with Crippen LogP contribution < -0.4 is 4.74 Å². The molecule has 2 aliphatic rings. The van der Waals surface area contributed by atoms with Crippen molar-refractivity contribution in [3.05, 3.63) is 154 Å². The monoisotopic (exact) mass is 786 g/mol. The molecule has 0 aromatic heterocycles. The van der Waals surface area contributed by atoms with E-state index in [1.165, 1.54) is 60.7 Å². The molecule has 6 aromatic carbocycles. The zero-order valence-electron chi connectivity index (χ0n) is 30.4. The number of carbonyl (C=O) groups excluding carboxylic acids is 1. The number of ketones is 1. The Hall–Kier alpha value is -7.09. The Kier molecular flexibility index (Phi) is 9.63. The lowest BCUT2D eigenvalue weighted by molar-refractivity contribution is 0.0171. The molecule has 1 saturated heterocycles. The van der Waals surface area contributed by atoms with Crippen molar-refractivity contribution >= 4 is 5.78 Å². The van der Waals surface area contributed by atoms with Crippen molar-refractivity contribution in [1.29, 1.82) is 0 Å². The number of hydrogen-bond donors (Lipinski definition) is 10. The number of fused-ring (bicyclic) bond motifs is 1. The van der Waals surface area contributed by atoms with Gasteiger partial charge in [0.15, 0.2) is 5.78 Å². The quantitative estimate of drug-likeness (QED) is 0.0713. The van der Waals surface area contributed by atoms with Crippen molar-refractivity contribution in [2.75, 3.05) is 0 Å². The zero-order valence-corrected chi connectivity index (χ0v) is 30.4. The van der Waals surface area contributed by atoms with Gasteiger partial charge in [-0.05, 0) is 77.4 Å². The van der Waals surface area contributed by atoms with Crippen LogP contribution in [0.4, 0.5) is 0 Å². The minimum Gasteiger partial charge on any atom is -0.508 e. The van der Waals surface area contributed by atoms with E-state index in [0.29, 0.717) is 16.7 Å². The van der Waals surface area contributed by atoms with Crippen LogP contribution in [0.5, 0.6) is 57.5 Å². The van der Waals surface area contributed by atoms with Crippen molar-refractivity contribution in [3.63, 3.8) is 0 Å². The number of phenols is 9. The van der Waals surface area contributed by atoms with Gasteiger partial charge in [0.1, 0.15) is 63.6 Å². The normalized spacial score (nSPS) is 21.8. The molecule has 0 spiro atoms. The van der Waals surface area contributed by atoms with Crippen LogP contribution in [0.25, 0.3) is 0 Å². The van der Waals surface area contributed by atoms with Gasteiger partial charge in [-0.2, -0.15) is 0 Å². The lowest BCUT2D eigenvalue weighted by Gasteiger charge is -2.38. The second-order valence-electron chi connectivity index (χ2n) is 14.6. The number of Topliss-reactive ketones (excluding diaryl/α,β-unsaturated/α-hetero) is 1. The first-order valence-corrected chi connectivity index (χ1v) is 18.3. The van der Waals surface area contributed by atoms with Crippen LogP contribution in [0, 0.1) is 11.8 Å². The lowest BCUT2D eigenvalue weighted by atomic mass is 9.67. The second-order valence-corrected chi connectivity index (χ2v) is 14.6. The number of aromatic hydroxyl groups is 9. The van der Waals surface area contributed by atoms with Crippen LogP contribution in [0.2, 0.25) is 0 Å². The van der Waals surface area contributed by atoms with E-state index < -0.39 is 65.2 Å². The summed E-state index contributed by atoms with van der Waals surface area (Å²) >= 11 is 0. The summed E-state index contributed by atoms with van der Waals surface area (Å²) in [7, 11) is 0. The smallest absolute Gasteiger partial charge is 0.173 e. The van der Waals surface area contributed by atoms with Gasteiger partial charge in [-0.25, -0.2) is 0 Å². The first-order valence-electron chi connectivity index (χ1n) is 18.3. The van der Waals surface area contributed by atoms with E-state index in [-0.39, 0.29) is 68.9 Å². The van der Waals surface area contributed by atoms with Crippen LogP contribution in [-0.4, -0.2) is 63.0 Å². The number of carbonyl (C=O) groups is 1. The predicted molar refractivity (Wildman–Crippen MR) is 206 cm³/mol. The fraction of sp³-hybridized carbons (Fsp3) is 0.178. The Morgan fingerprint density at radius 1 is 0.552 bits per heavy atom. The zero-order chi connectivity index (χ0) is 41.0. The molecule has 0 saturated carbocycles. The molecular formula is C45H38O13. The maximum atomic E-state index is 15.2. The third-order valence-electron chi connectivity index (χ3n) is 11.0. The van der Waals surface area contributed by atoms with E-state index in [0.717, 1.165) is 18.2 Å². The standard InChI is InChI=1S/C45H38O13/c46-24-7-1-21(2-8-24)37(38-35(54)20-34(53)31-19-36(55)42(57-45(31)38)22-3-9-25(47)10-4-22)39-40(41(56)29-15-13-27(49)17-32(29)51)43(23-5-11-26(48)12-6-23)58-44(39)30-16-14-28(50)18-33(30)52/h1-18,20,36-37,39-40,42-44,46-55H,19H2/t36-,37+,39-,40+,42+,43+,44-/m1/s1. The van der Waals surface area contributed by atoms with E-state index in [1.807, 2.05) is 0 Å². The van der Waals surface area contributed by atoms with Gasteiger partial charge < -0.3 is 60.5 Å². The number of phenolic OH excluding ortho intramolecular Hbond substituents is 9. The van der Waals surface area contributed by atoms with Crippen molar-refractivity contribution < 1.29 is 65.3 Å². The van der Waals surface area contributed by atoms with Crippen molar-refractivity contribution in [2.24, 2.45) is 11.8 Å². The third kappa shape index (κ3) is 6.76. The molecule has 1 fully saturated rings. The highest BCUT2D eigenvalue weighted by molar-refractivity contribution is 6.01. The minimum absolute atomic E-state index is 0.0267. The molecule has 6 aromatic rings. The summed E-state index contributed by atoms with van der Waals surface area (Å²) in [6.45, 7) is 0. The van der Waals surface area contributed by atoms with Crippen LogP contribution in [0.3, 0.4) is 0 Å². The largest absolute Gasteiger partial charge is 0.508 e. The summed E-state index contributed by atoms with van der Waals surface area (Å²) in [6, 6.07) is 26.3. The summed E-state index contributed by atoms with van der Waals surface area (Å²) in [5.74, 6) is -6.95. The summed E-state index contributed by atoms with van der Waals surface area (Å²) < 4.78 is 13.4. The molecule has 296 valence electrons. The van der Waals surface area contributed by atoms with Crippen LogP contribution >= 0.6 is 0 Å². The van der Waals surface area contributed by atoms with Crippen LogP contribution in [-0.2, 0) is 11.2 Å². The van der Waals surface area contributed by atoms with Gasteiger partial charge in [0.2, 0.25) is 0 Å². The topological polar surface area (TPSA) is 238 Å². The molecule has 13 heteroatoms. The predicted octanol–water partition coefficient (Wildman–Crippen LogP) is 6.83. The van der Waals surface area contributed by atoms with Gasteiger partial charge in [-0.15, -0.1) is 0 Å². The fourth-order valence-corrected chi connectivity index (χ4v) is 8.39. The molecule has 13 nitrogen and oxygen atoms in total. The molecule has 58 heavy (non-hydrogen) atoms. The minimum atomic E-state index is -1.32. The molecule has 0 unspecified atom stereocenters. The van der Waals surface area contributed by atoms with Crippen molar-refractivity contribution in [1.82, 2.24) is 0 Å².